The molecule has 0 bridgehead atoms. The van der Waals surface area contributed by atoms with Crippen LogP contribution in [-0.4, -0.2) is 13.2 Å². The molecule has 0 atom stereocenters. The fourth-order valence-corrected chi connectivity index (χ4v) is 2.12. The predicted molar refractivity (Wildman–Crippen MR) is 65.0 cm³/mol. The van der Waals surface area contributed by atoms with Crippen molar-refractivity contribution in [2.75, 3.05) is 13.2 Å². The van der Waals surface area contributed by atoms with E-state index < -0.39 is 0 Å². The Kier molecular flexibility index (Phi) is 3.32. The lowest BCUT2D eigenvalue weighted by Crippen LogP contribution is -2.42. The van der Waals surface area contributed by atoms with Crippen LogP contribution in [-0.2, 0) is 0 Å². The molecule has 0 saturated heterocycles. The summed E-state index contributed by atoms with van der Waals surface area (Å²) in [6.45, 7) is 1.49. The Morgan fingerprint density at radius 2 is 1.93 bits per heavy atom. The summed E-state index contributed by atoms with van der Waals surface area (Å²) in [5, 5.41) is 0. The number of halogens is 1. The van der Waals surface area contributed by atoms with Gasteiger partial charge in [-0.1, -0.05) is 22.4 Å². The molecule has 2 rings (SSSR count). The highest BCUT2D eigenvalue weighted by Gasteiger charge is 2.36. The zero-order valence-corrected chi connectivity index (χ0v) is 10.3. The third-order valence-corrected chi connectivity index (χ3v) is 3.73. The van der Waals surface area contributed by atoms with Gasteiger partial charge in [-0.15, -0.1) is 0 Å². The second kappa shape index (κ2) is 4.54. The average Bonchev–Trinajstić information content (AvgIpc) is 2.20. The van der Waals surface area contributed by atoms with E-state index in [1.807, 2.05) is 24.3 Å². The molecule has 2 nitrogen and oxygen atoms in total. The maximum Gasteiger partial charge on any atom is 0.119 e. The van der Waals surface area contributed by atoms with Crippen molar-refractivity contribution >= 4 is 15.9 Å². The quantitative estimate of drug-likeness (QED) is 0.912. The molecule has 1 aliphatic rings. The molecule has 3 heteroatoms. The van der Waals surface area contributed by atoms with Gasteiger partial charge in [-0.2, -0.15) is 0 Å². The maximum absolute atomic E-state index is 5.77. The second-order valence-electron chi connectivity index (χ2n) is 4.30. The molecule has 1 aromatic carbocycles. The summed E-state index contributed by atoms with van der Waals surface area (Å²) in [6, 6.07) is 7.94. The second-order valence-corrected chi connectivity index (χ2v) is 5.22. The fraction of sp³-hybridized carbons (Fsp3) is 0.500. The fourth-order valence-electron chi connectivity index (χ4n) is 1.85. The van der Waals surface area contributed by atoms with Gasteiger partial charge in [-0.3, -0.25) is 0 Å². The summed E-state index contributed by atoms with van der Waals surface area (Å²) in [5.41, 5.74) is 6.03. The molecule has 0 amide bonds. The van der Waals surface area contributed by atoms with E-state index in [0.717, 1.165) is 23.4 Å². The molecule has 0 radical (unpaired) electrons. The van der Waals surface area contributed by atoms with E-state index in [9.17, 15) is 0 Å². The van der Waals surface area contributed by atoms with Crippen molar-refractivity contribution in [3.05, 3.63) is 28.7 Å². The maximum atomic E-state index is 5.77. The van der Waals surface area contributed by atoms with Crippen molar-refractivity contribution < 1.29 is 4.74 Å². The van der Waals surface area contributed by atoms with E-state index in [2.05, 4.69) is 15.9 Å². The van der Waals surface area contributed by atoms with Crippen molar-refractivity contribution in [2.24, 2.45) is 11.1 Å². The van der Waals surface area contributed by atoms with Gasteiger partial charge in [-0.05, 0) is 37.1 Å². The van der Waals surface area contributed by atoms with Crippen LogP contribution in [0, 0.1) is 5.41 Å². The topological polar surface area (TPSA) is 35.2 Å². The SMILES string of the molecule is NCC1(COc2ccc(Br)cc2)CCC1. The van der Waals surface area contributed by atoms with Crippen LogP contribution in [0.25, 0.3) is 0 Å². The molecule has 1 saturated carbocycles. The van der Waals surface area contributed by atoms with Gasteiger partial charge in [0.2, 0.25) is 0 Å². The van der Waals surface area contributed by atoms with Gasteiger partial charge < -0.3 is 10.5 Å². The number of benzene rings is 1. The molecule has 82 valence electrons. The van der Waals surface area contributed by atoms with Crippen LogP contribution in [0.1, 0.15) is 19.3 Å². The van der Waals surface area contributed by atoms with Crippen molar-refractivity contribution in [1.29, 1.82) is 0 Å². The van der Waals surface area contributed by atoms with Gasteiger partial charge in [-0.25, -0.2) is 0 Å². The summed E-state index contributed by atoms with van der Waals surface area (Å²) in [5.74, 6) is 0.929. The minimum absolute atomic E-state index is 0.257. The molecule has 1 aromatic rings. The predicted octanol–water partition coefficient (Wildman–Crippen LogP) is 2.96. The summed E-state index contributed by atoms with van der Waals surface area (Å²) < 4.78 is 6.83. The van der Waals surface area contributed by atoms with E-state index in [1.54, 1.807) is 0 Å². The highest BCUT2D eigenvalue weighted by Crippen LogP contribution is 2.40. The Morgan fingerprint density at radius 3 is 2.40 bits per heavy atom. The van der Waals surface area contributed by atoms with Crippen LogP contribution in [0.3, 0.4) is 0 Å². The highest BCUT2D eigenvalue weighted by molar-refractivity contribution is 9.10. The van der Waals surface area contributed by atoms with Crippen LogP contribution < -0.4 is 10.5 Å². The smallest absolute Gasteiger partial charge is 0.119 e. The Bertz CT molecular complexity index is 313. The van der Waals surface area contributed by atoms with E-state index >= 15 is 0 Å². The summed E-state index contributed by atoms with van der Waals surface area (Å²) >= 11 is 3.40. The first-order valence-electron chi connectivity index (χ1n) is 5.33. The van der Waals surface area contributed by atoms with Gasteiger partial charge in [0.15, 0.2) is 0 Å². The van der Waals surface area contributed by atoms with Crippen LogP contribution in [0.15, 0.2) is 28.7 Å². The lowest BCUT2D eigenvalue weighted by atomic mass is 9.69. The first kappa shape index (κ1) is 11.0. The first-order valence-corrected chi connectivity index (χ1v) is 6.12. The minimum Gasteiger partial charge on any atom is -0.493 e. The van der Waals surface area contributed by atoms with Crippen LogP contribution >= 0.6 is 15.9 Å². The van der Waals surface area contributed by atoms with E-state index in [1.165, 1.54) is 19.3 Å². The molecule has 1 aliphatic carbocycles. The molecule has 0 aliphatic heterocycles. The summed E-state index contributed by atoms with van der Waals surface area (Å²) in [7, 11) is 0. The molecular formula is C12H16BrNO. The number of ether oxygens (including phenoxy) is 1. The van der Waals surface area contributed by atoms with Crippen LogP contribution in [0.4, 0.5) is 0 Å². The molecule has 15 heavy (non-hydrogen) atoms. The molecular weight excluding hydrogens is 254 g/mol. The molecule has 0 unspecified atom stereocenters. The molecule has 0 heterocycles. The number of nitrogens with two attached hydrogens (primary N) is 1. The third-order valence-electron chi connectivity index (χ3n) is 3.21. The third kappa shape index (κ3) is 2.52. The van der Waals surface area contributed by atoms with E-state index in [4.69, 9.17) is 10.5 Å². The van der Waals surface area contributed by atoms with Gasteiger partial charge in [0.1, 0.15) is 5.75 Å². The Hall–Kier alpha value is -0.540. The number of hydrogen-bond donors (Lipinski definition) is 1. The Morgan fingerprint density at radius 1 is 1.27 bits per heavy atom. The lowest BCUT2D eigenvalue weighted by molar-refractivity contribution is 0.0668. The van der Waals surface area contributed by atoms with E-state index in [0.29, 0.717) is 0 Å². The number of rotatable bonds is 4. The summed E-state index contributed by atoms with van der Waals surface area (Å²) in [6.07, 6.45) is 3.71. The average molecular weight is 270 g/mol. The minimum atomic E-state index is 0.257. The Labute approximate surface area is 98.9 Å². The van der Waals surface area contributed by atoms with Crippen LogP contribution in [0.2, 0.25) is 0 Å². The molecule has 1 fully saturated rings. The van der Waals surface area contributed by atoms with Gasteiger partial charge >= 0.3 is 0 Å². The van der Waals surface area contributed by atoms with Crippen molar-refractivity contribution in [3.8, 4) is 5.75 Å². The monoisotopic (exact) mass is 269 g/mol. The number of hydrogen-bond acceptors (Lipinski definition) is 2. The van der Waals surface area contributed by atoms with E-state index in [-0.39, 0.29) is 5.41 Å². The van der Waals surface area contributed by atoms with Crippen molar-refractivity contribution in [2.45, 2.75) is 19.3 Å². The zero-order chi connectivity index (χ0) is 10.7. The molecule has 0 spiro atoms. The van der Waals surface area contributed by atoms with Gasteiger partial charge in [0, 0.05) is 16.4 Å². The molecule has 0 aromatic heterocycles. The van der Waals surface area contributed by atoms with Gasteiger partial charge in [0.25, 0.3) is 0 Å². The van der Waals surface area contributed by atoms with Crippen LogP contribution in [0.5, 0.6) is 5.75 Å². The normalized spacial score (nSPS) is 18.3. The largest absolute Gasteiger partial charge is 0.493 e. The lowest BCUT2D eigenvalue weighted by Gasteiger charge is -2.40. The van der Waals surface area contributed by atoms with Gasteiger partial charge in [0.05, 0.1) is 6.61 Å². The Balaban J connectivity index is 1.90. The standard InChI is InChI=1S/C12H16BrNO/c13-10-2-4-11(5-3-10)15-9-12(8-14)6-1-7-12/h2-5H,1,6-9,14H2. The first-order chi connectivity index (χ1) is 7.24. The van der Waals surface area contributed by atoms with Crippen molar-refractivity contribution in [1.82, 2.24) is 0 Å². The zero-order valence-electron chi connectivity index (χ0n) is 8.71. The van der Waals surface area contributed by atoms with Crippen molar-refractivity contribution in [3.63, 3.8) is 0 Å². The highest BCUT2D eigenvalue weighted by atomic mass is 79.9. The molecule has 2 N–H and O–H groups in total. The summed E-state index contributed by atoms with van der Waals surface area (Å²) in [4.78, 5) is 0.